The van der Waals surface area contributed by atoms with E-state index in [0.717, 1.165) is 32.6 Å². The number of alkyl halides is 3. The first kappa shape index (κ1) is 16.8. The maximum atomic E-state index is 12.7. The Labute approximate surface area is 114 Å². The van der Waals surface area contributed by atoms with Crippen LogP contribution in [0.4, 0.5) is 13.2 Å². The van der Waals surface area contributed by atoms with E-state index in [0.29, 0.717) is 19.4 Å². The second-order valence-electron chi connectivity index (χ2n) is 5.93. The molecular weight excluding hydrogens is 255 g/mol. The summed E-state index contributed by atoms with van der Waals surface area (Å²) < 4.78 is 43.7. The van der Waals surface area contributed by atoms with Crippen molar-refractivity contribution in [1.82, 2.24) is 5.32 Å². The average Bonchev–Trinajstić information content (AvgIpc) is 2.51. The van der Waals surface area contributed by atoms with Crippen LogP contribution >= 0.6 is 0 Å². The molecule has 5 heteroatoms. The molecule has 0 radical (unpaired) electrons. The van der Waals surface area contributed by atoms with E-state index in [4.69, 9.17) is 4.74 Å². The summed E-state index contributed by atoms with van der Waals surface area (Å²) in [5.74, 6) is 0. The molecule has 1 N–H and O–H groups in total. The number of nitrogens with one attached hydrogen (secondary N) is 1. The van der Waals surface area contributed by atoms with Crippen LogP contribution in [-0.4, -0.2) is 30.5 Å². The van der Waals surface area contributed by atoms with Crippen molar-refractivity contribution in [2.45, 2.75) is 83.2 Å². The summed E-state index contributed by atoms with van der Waals surface area (Å²) in [6.45, 7) is 5.61. The van der Waals surface area contributed by atoms with Gasteiger partial charge in [-0.15, -0.1) is 0 Å². The van der Waals surface area contributed by atoms with Gasteiger partial charge in [-0.2, -0.15) is 13.2 Å². The topological polar surface area (TPSA) is 21.3 Å². The lowest BCUT2D eigenvalue weighted by Gasteiger charge is -2.37. The molecule has 1 rings (SSSR count). The minimum atomic E-state index is -4.28. The first-order chi connectivity index (χ1) is 8.75. The maximum absolute atomic E-state index is 12.7. The van der Waals surface area contributed by atoms with Gasteiger partial charge in [0, 0.05) is 12.6 Å². The largest absolute Gasteiger partial charge is 0.414 e. The first-order valence-corrected chi connectivity index (χ1v) is 7.23. The third-order valence-corrected chi connectivity index (χ3v) is 3.73. The SMILES string of the molecule is CC(C)NCC1(OC(C)C(F)(F)F)CCCCCC1. The molecule has 1 atom stereocenters. The van der Waals surface area contributed by atoms with Crippen LogP contribution in [0.25, 0.3) is 0 Å². The molecule has 114 valence electrons. The molecule has 0 bridgehead atoms. The van der Waals surface area contributed by atoms with Crippen molar-refractivity contribution in [2.75, 3.05) is 6.54 Å². The van der Waals surface area contributed by atoms with E-state index in [1.807, 2.05) is 13.8 Å². The molecule has 0 amide bonds. The highest BCUT2D eigenvalue weighted by atomic mass is 19.4. The number of rotatable bonds is 5. The van der Waals surface area contributed by atoms with Gasteiger partial charge in [-0.05, 0) is 19.8 Å². The van der Waals surface area contributed by atoms with E-state index in [9.17, 15) is 13.2 Å². The second kappa shape index (κ2) is 6.93. The van der Waals surface area contributed by atoms with Crippen molar-refractivity contribution < 1.29 is 17.9 Å². The Morgan fingerprint density at radius 1 is 1.05 bits per heavy atom. The Morgan fingerprint density at radius 2 is 1.58 bits per heavy atom. The van der Waals surface area contributed by atoms with E-state index >= 15 is 0 Å². The monoisotopic (exact) mass is 281 g/mol. The summed E-state index contributed by atoms with van der Waals surface area (Å²) in [4.78, 5) is 0. The van der Waals surface area contributed by atoms with Gasteiger partial charge in [0.15, 0.2) is 6.10 Å². The van der Waals surface area contributed by atoms with Crippen molar-refractivity contribution in [3.63, 3.8) is 0 Å². The molecule has 2 nitrogen and oxygen atoms in total. The molecule has 0 aliphatic heterocycles. The summed E-state index contributed by atoms with van der Waals surface area (Å²) in [5, 5.41) is 3.25. The van der Waals surface area contributed by atoms with Crippen LogP contribution < -0.4 is 5.32 Å². The lowest BCUT2D eigenvalue weighted by molar-refractivity contribution is -0.249. The van der Waals surface area contributed by atoms with Crippen LogP contribution in [-0.2, 0) is 4.74 Å². The number of halogens is 3. The summed E-state index contributed by atoms with van der Waals surface area (Å²) in [5.41, 5.74) is -0.657. The predicted molar refractivity (Wildman–Crippen MR) is 70.2 cm³/mol. The van der Waals surface area contributed by atoms with Crippen LogP contribution in [0.2, 0.25) is 0 Å². The fraction of sp³-hybridized carbons (Fsp3) is 1.00. The zero-order chi connectivity index (χ0) is 14.5. The van der Waals surface area contributed by atoms with Crippen molar-refractivity contribution in [1.29, 1.82) is 0 Å². The molecule has 0 saturated heterocycles. The molecule has 0 heterocycles. The van der Waals surface area contributed by atoms with E-state index in [2.05, 4.69) is 5.32 Å². The van der Waals surface area contributed by atoms with Crippen LogP contribution in [0, 0.1) is 0 Å². The standard InChI is InChI=1S/C14H26F3NO/c1-11(2)18-10-13(8-6-4-5-7-9-13)19-12(3)14(15,16)17/h11-12,18H,4-10H2,1-3H3. The highest BCUT2D eigenvalue weighted by Gasteiger charge is 2.43. The zero-order valence-corrected chi connectivity index (χ0v) is 12.1. The zero-order valence-electron chi connectivity index (χ0n) is 12.1. The van der Waals surface area contributed by atoms with Crippen LogP contribution in [0.5, 0.6) is 0 Å². The summed E-state index contributed by atoms with van der Waals surface area (Å²) in [6.07, 6.45) is -0.466. The molecule has 0 aromatic rings. The molecule has 0 aromatic carbocycles. The molecule has 1 aliphatic carbocycles. The van der Waals surface area contributed by atoms with Gasteiger partial charge in [0.1, 0.15) is 0 Å². The first-order valence-electron chi connectivity index (χ1n) is 7.23. The molecule has 19 heavy (non-hydrogen) atoms. The second-order valence-corrected chi connectivity index (χ2v) is 5.93. The lowest BCUT2D eigenvalue weighted by Crippen LogP contribution is -2.49. The minimum absolute atomic E-state index is 0.255. The third kappa shape index (κ3) is 5.69. The Bertz CT molecular complexity index is 258. The van der Waals surface area contributed by atoms with Gasteiger partial charge in [0.25, 0.3) is 0 Å². The van der Waals surface area contributed by atoms with E-state index in [-0.39, 0.29) is 6.04 Å². The Kier molecular flexibility index (Phi) is 6.12. The molecule has 1 saturated carbocycles. The fourth-order valence-corrected chi connectivity index (χ4v) is 2.54. The van der Waals surface area contributed by atoms with Crippen molar-refractivity contribution >= 4 is 0 Å². The summed E-state index contributed by atoms with van der Waals surface area (Å²) >= 11 is 0. The smallest absolute Gasteiger partial charge is 0.361 e. The van der Waals surface area contributed by atoms with Crippen LogP contribution in [0.3, 0.4) is 0 Å². The quantitative estimate of drug-likeness (QED) is 0.768. The Hall–Kier alpha value is -0.290. The van der Waals surface area contributed by atoms with E-state index in [1.165, 1.54) is 0 Å². The molecule has 0 aromatic heterocycles. The molecule has 1 unspecified atom stereocenters. The van der Waals surface area contributed by atoms with E-state index < -0.39 is 17.9 Å². The Balaban J connectivity index is 2.72. The molecular formula is C14H26F3NO. The predicted octanol–water partition coefficient (Wildman–Crippen LogP) is 4.04. The number of hydrogen-bond acceptors (Lipinski definition) is 2. The lowest BCUT2D eigenvalue weighted by atomic mass is 9.93. The normalized spacial score (nSPS) is 22.3. The van der Waals surface area contributed by atoms with Crippen molar-refractivity contribution in [3.05, 3.63) is 0 Å². The molecule has 1 aliphatic rings. The molecule has 1 fully saturated rings. The van der Waals surface area contributed by atoms with Crippen LogP contribution in [0.15, 0.2) is 0 Å². The minimum Gasteiger partial charge on any atom is -0.361 e. The van der Waals surface area contributed by atoms with Gasteiger partial charge in [-0.3, -0.25) is 0 Å². The summed E-state index contributed by atoms with van der Waals surface area (Å²) in [7, 11) is 0. The Morgan fingerprint density at radius 3 is 2.00 bits per heavy atom. The van der Waals surface area contributed by atoms with Crippen LogP contribution in [0.1, 0.15) is 59.3 Å². The van der Waals surface area contributed by atoms with Crippen molar-refractivity contribution in [2.24, 2.45) is 0 Å². The number of ether oxygens (including phenoxy) is 1. The highest BCUT2D eigenvalue weighted by molar-refractivity contribution is 4.88. The van der Waals surface area contributed by atoms with E-state index in [1.54, 1.807) is 0 Å². The molecule has 0 spiro atoms. The average molecular weight is 281 g/mol. The van der Waals surface area contributed by atoms with Gasteiger partial charge in [0.05, 0.1) is 5.60 Å². The number of hydrogen-bond donors (Lipinski definition) is 1. The van der Waals surface area contributed by atoms with Gasteiger partial charge >= 0.3 is 6.18 Å². The maximum Gasteiger partial charge on any atom is 0.414 e. The van der Waals surface area contributed by atoms with Gasteiger partial charge < -0.3 is 10.1 Å². The highest BCUT2D eigenvalue weighted by Crippen LogP contribution is 2.35. The fourth-order valence-electron chi connectivity index (χ4n) is 2.54. The third-order valence-electron chi connectivity index (χ3n) is 3.73. The van der Waals surface area contributed by atoms with Crippen molar-refractivity contribution in [3.8, 4) is 0 Å². The van der Waals surface area contributed by atoms with Gasteiger partial charge in [0.2, 0.25) is 0 Å². The van der Waals surface area contributed by atoms with Gasteiger partial charge in [-0.25, -0.2) is 0 Å². The van der Waals surface area contributed by atoms with Gasteiger partial charge in [-0.1, -0.05) is 39.5 Å². The summed E-state index contributed by atoms with van der Waals surface area (Å²) in [6, 6.07) is 0.255.